The molecule has 2 aromatic heterocycles. The summed E-state index contributed by atoms with van der Waals surface area (Å²) in [4.78, 5) is 13.8. The summed E-state index contributed by atoms with van der Waals surface area (Å²) >= 11 is 17.4. The summed E-state index contributed by atoms with van der Waals surface area (Å²) in [5, 5.41) is 15.6. The van der Waals surface area contributed by atoms with Gasteiger partial charge in [0.1, 0.15) is 28.4 Å². The van der Waals surface area contributed by atoms with Gasteiger partial charge in [-0.3, -0.25) is 10.1 Å². The van der Waals surface area contributed by atoms with E-state index in [0.717, 1.165) is 11.1 Å². The lowest BCUT2D eigenvalue weighted by molar-refractivity contribution is -0.115. The number of thiocarbonyl (C=S) groups is 1. The smallest absolute Gasteiger partial charge is 0.250 e. The Morgan fingerprint density at radius 1 is 1.00 bits per heavy atom. The monoisotopic (exact) mass is 565 g/mol. The van der Waals surface area contributed by atoms with Crippen molar-refractivity contribution in [2.24, 2.45) is 0 Å². The van der Waals surface area contributed by atoms with Crippen LogP contribution in [0.15, 0.2) is 77.2 Å². The van der Waals surface area contributed by atoms with E-state index in [0.29, 0.717) is 44.0 Å². The van der Waals surface area contributed by atoms with Crippen LogP contribution in [-0.2, 0) is 4.79 Å². The summed E-state index contributed by atoms with van der Waals surface area (Å²) in [7, 11) is 0. The van der Waals surface area contributed by atoms with Crippen LogP contribution in [0.1, 0.15) is 11.3 Å². The summed E-state index contributed by atoms with van der Waals surface area (Å²) in [6.45, 7) is 1.88. The van der Waals surface area contributed by atoms with Crippen LogP contribution in [-0.4, -0.2) is 26.0 Å². The first-order chi connectivity index (χ1) is 18.2. The van der Waals surface area contributed by atoms with E-state index >= 15 is 0 Å². The van der Waals surface area contributed by atoms with Crippen molar-refractivity contribution in [3.8, 4) is 17.0 Å². The molecule has 0 radical (unpaired) electrons. The molecular weight excluding hydrogens is 548 g/mol. The number of halogens is 3. The van der Waals surface area contributed by atoms with Crippen LogP contribution in [0.3, 0.4) is 0 Å². The molecule has 1 amide bonds. The molecule has 0 atom stereocenters. The van der Waals surface area contributed by atoms with Crippen LogP contribution < -0.4 is 10.6 Å². The molecule has 0 fully saturated rings. The van der Waals surface area contributed by atoms with E-state index in [9.17, 15) is 9.18 Å². The van der Waals surface area contributed by atoms with Gasteiger partial charge in [-0.25, -0.2) is 4.39 Å². The fraction of sp³-hybridized carbons (Fsp3) is 0.0370. The Morgan fingerprint density at radius 2 is 1.68 bits per heavy atom. The number of aromatic nitrogens is 3. The van der Waals surface area contributed by atoms with Crippen molar-refractivity contribution < 1.29 is 13.6 Å². The molecule has 0 saturated heterocycles. The van der Waals surface area contributed by atoms with Gasteiger partial charge in [0, 0.05) is 27.4 Å². The summed E-state index contributed by atoms with van der Waals surface area (Å²) in [5.41, 5.74) is 4.12. The first kappa shape index (κ1) is 25.6. The maximum absolute atomic E-state index is 13.2. The minimum Gasteiger partial charge on any atom is -0.457 e. The first-order valence-corrected chi connectivity index (χ1v) is 12.4. The van der Waals surface area contributed by atoms with Crippen LogP contribution in [0.5, 0.6) is 0 Å². The van der Waals surface area contributed by atoms with Crippen molar-refractivity contribution in [3.05, 3.63) is 100.0 Å². The minimum absolute atomic E-state index is 0.113. The lowest BCUT2D eigenvalue weighted by Gasteiger charge is -2.10. The molecule has 2 N–H and O–H groups in total. The molecule has 0 bridgehead atoms. The fourth-order valence-corrected chi connectivity index (χ4v) is 4.39. The fourth-order valence-electron chi connectivity index (χ4n) is 3.65. The Hall–Kier alpha value is -4.05. The number of aryl methyl sites for hydroxylation is 1. The number of fused-ring (bicyclic) bond motifs is 1. The molecule has 11 heteroatoms. The maximum atomic E-state index is 13.2. The minimum atomic E-state index is -0.438. The summed E-state index contributed by atoms with van der Waals surface area (Å²) < 4.78 is 19.0. The highest BCUT2D eigenvalue weighted by atomic mass is 35.5. The molecule has 0 spiro atoms. The lowest BCUT2D eigenvalue weighted by Crippen LogP contribution is -2.33. The van der Waals surface area contributed by atoms with Gasteiger partial charge < -0.3 is 9.73 Å². The number of benzene rings is 3. The third-order valence-electron chi connectivity index (χ3n) is 5.44. The highest BCUT2D eigenvalue weighted by Crippen LogP contribution is 2.29. The van der Waals surface area contributed by atoms with Crippen LogP contribution in [0.4, 0.5) is 10.1 Å². The van der Waals surface area contributed by atoms with Crippen LogP contribution in [0.2, 0.25) is 10.0 Å². The Balaban J connectivity index is 1.23. The van der Waals surface area contributed by atoms with E-state index in [2.05, 4.69) is 20.8 Å². The Morgan fingerprint density at radius 3 is 2.39 bits per heavy atom. The van der Waals surface area contributed by atoms with Crippen molar-refractivity contribution in [3.63, 3.8) is 0 Å². The molecule has 0 aliphatic rings. The zero-order valence-electron chi connectivity index (χ0n) is 19.7. The van der Waals surface area contributed by atoms with Gasteiger partial charge in [0.25, 0.3) is 0 Å². The van der Waals surface area contributed by atoms with Gasteiger partial charge in [-0.1, -0.05) is 23.2 Å². The molecule has 5 rings (SSSR count). The number of amides is 1. The molecule has 0 unspecified atom stereocenters. The largest absolute Gasteiger partial charge is 0.457 e. The van der Waals surface area contributed by atoms with E-state index < -0.39 is 5.91 Å². The van der Waals surface area contributed by atoms with Crippen LogP contribution in [0, 0.1) is 12.7 Å². The number of carbonyl (C=O) groups excluding carboxylic acids is 1. The highest BCUT2D eigenvalue weighted by Gasteiger charge is 2.11. The van der Waals surface area contributed by atoms with Gasteiger partial charge in [0.15, 0.2) is 5.11 Å². The van der Waals surface area contributed by atoms with Gasteiger partial charge in [-0.2, -0.15) is 4.80 Å². The first-order valence-electron chi connectivity index (χ1n) is 11.2. The highest BCUT2D eigenvalue weighted by molar-refractivity contribution is 7.80. The molecule has 0 aliphatic carbocycles. The second-order valence-corrected chi connectivity index (χ2v) is 9.54. The van der Waals surface area contributed by atoms with Crippen molar-refractivity contribution >= 4 is 69.2 Å². The van der Waals surface area contributed by atoms with Crippen molar-refractivity contribution in [2.75, 3.05) is 5.32 Å². The summed E-state index contributed by atoms with van der Waals surface area (Å²) in [6.07, 6.45) is 2.84. The number of nitrogens with zero attached hydrogens (tertiary/aromatic N) is 3. The second kappa shape index (κ2) is 10.7. The van der Waals surface area contributed by atoms with Gasteiger partial charge >= 0.3 is 0 Å². The van der Waals surface area contributed by atoms with Crippen LogP contribution >= 0.6 is 35.4 Å². The number of rotatable bonds is 5. The SMILES string of the molecule is Cc1cc2nn(-c3ccc(F)cc3)nc2cc1NC(=S)NC(=O)/C=C/c1ccc(-c2cc(Cl)cc(Cl)c2)o1. The number of furan rings is 1. The third kappa shape index (κ3) is 5.91. The predicted molar refractivity (Wildman–Crippen MR) is 151 cm³/mol. The van der Waals surface area contributed by atoms with Crippen molar-refractivity contribution in [1.29, 1.82) is 0 Å². The van der Waals surface area contributed by atoms with Gasteiger partial charge in [0.2, 0.25) is 5.91 Å². The third-order valence-corrected chi connectivity index (χ3v) is 6.08. The number of anilines is 1. The molecule has 7 nitrogen and oxygen atoms in total. The second-order valence-electron chi connectivity index (χ2n) is 8.26. The standard InChI is InChI=1S/C27H18Cl2FN5O2S/c1-15-10-23-24(34-35(33-23)20-4-2-19(30)3-5-20)14-22(15)31-27(38)32-26(36)9-7-21-6-8-25(37-21)16-11-17(28)13-18(29)12-16/h2-14H,1H3,(H2,31,32,36,38)/b9-7+. The van der Waals surface area contributed by atoms with E-state index in [1.807, 2.05) is 13.0 Å². The van der Waals surface area contributed by atoms with Gasteiger partial charge in [-0.05, 0) is 97.5 Å². The number of hydrogen-bond acceptors (Lipinski definition) is 5. The molecular formula is C27H18Cl2FN5O2S. The molecule has 38 heavy (non-hydrogen) atoms. The number of nitrogens with one attached hydrogen (secondary N) is 2. The summed E-state index contributed by atoms with van der Waals surface area (Å²) in [6, 6.07) is 18.1. The molecule has 0 aliphatic heterocycles. The number of carbonyl (C=O) groups is 1. The molecule has 2 heterocycles. The van der Waals surface area contributed by atoms with E-state index in [-0.39, 0.29) is 10.9 Å². The van der Waals surface area contributed by atoms with Crippen molar-refractivity contribution in [2.45, 2.75) is 6.92 Å². The normalized spacial score (nSPS) is 11.3. The zero-order chi connectivity index (χ0) is 26.8. The average Bonchev–Trinajstić information content (AvgIpc) is 3.50. The zero-order valence-corrected chi connectivity index (χ0v) is 22.0. The quantitative estimate of drug-likeness (QED) is 0.177. The van der Waals surface area contributed by atoms with Crippen molar-refractivity contribution in [1.82, 2.24) is 20.3 Å². The van der Waals surface area contributed by atoms with E-state index in [1.165, 1.54) is 29.1 Å². The lowest BCUT2D eigenvalue weighted by atomic mass is 10.2. The predicted octanol–water partition coefficient (Wildman–Crippen LogP) is 6.96. The number of hydrogen-bond donors (Lipinski definition) is 2. The molecule has 0 saturated carbocycles. The van der Waals surface area contributed by atoms with Gasteiger partial charge in [0.05, 0.1) is 5.69 Å². The topological polar surface area (TPSA) is 85.0 Å². The molecule has 5 aromatic rings. The Labute approximate surface area is 231 Å². The average molecular weight is 566 g/mol. The maximum Gasteiger partial charge on any atom is 0.250 e. The Bertz CT molecular complexity index is 1690. The Kier molecular flexibility index (Phi) is 7.24. The van der Waals surface area contributed by atoms with E-state index in [4.69, 9.17) is 39.8 Å². The summed E-state index contributed by atoms with van der Waals surface area (Å²) in [5.74, 6) is 0.256. The molecule has 190 valence electrons. The van der Waals surface area contributed by atoms with Crippen LogP contribution in [0.25, 0.3) is 34.1 Å². The van der Waals surface area contributed by atoms with Gasteiger partial charge in [-0.15, -0.1) is 10.2 Å². The molecule has 3 aromatic carbocycles. The van der Waals surface area contributed by atoms with E-state index in [1.54, 1.807) is 48.5 Å².